The highest BCUT2D eigenvalue weighted by Crippen LogP contribution is 2.17. The molecular formula is C11H13BrN2OS. The van der Waals surface area contributed by atoms with Crippen LogP contribution in [0.2, 0.25) is 0 Å². The number of rotatable bonds is 2. The molecule has 1 aliphatic rings. The molecule has 0 aromatic carbocycles. The Morgan fingerprint density at radius 1 is 1.62 bits per heavy atom. The fourth-order valence-electron chi connectivity index (χ4n) is 1.67. The second-order valence-electron chi connectivity index (χ2n) is 3.75. The van der Waals surface area contributed by atoms with Crippen molar-refractivity contribution in [2.45, 2.75) is 18.9 Å². The third-order valence-electron chi connectivity index (χ3n) is 2.48. The minimum absolute atomic E-state index is 0.00407. The van der Waals surface area contributed by atoms with E-state index in [4.69, 9.17) is 0 Å². The van der Waals surface area contributed by atoms with Gasteiger partial charge in [-0.05, 0) is 46.7 Å². The van der Waals surface area contributed by atoms with Crippen molar-refractivity contribution in [3.63, 3.8) is 0 Å². The molecule has 1 aliphatic heterocycles. The molecule has 1 saturated heterocycles. The summed E-state index contributed by atoms with van der Waals surface area (Å²) in [6, 6.07) is 3.79. The van der Waals surface area contributed by atoms with Gasteiger partial charge in [-0.25, -0.2) is 4.98 Å². The number of hydrogen-bond donors (Lipinski definition) is 1. The van der Waals surface area contributed by atoms with Crippen molar-refractivity contribution in [1.82, 2.24) is 10.3 Å². The molecule has 0 spiro atoms. The van der Waals surface area contributed by atoms with Crippen LogP contribution in [0.15, 0.2) is 22.9 Å². The number of nitrogens with one attached hydrogen (secondary N) is 1. The van der Waals surface area contributed by atoms with Gasteiger partial charge in [0.05, 0.1) is 0 Å². The van der Waals surface area contributed by atoms with E-state index in [0.29, 0.717) is 16.2 Å². The average Bonchev–Trinajstić information content (AvgIpc) is 2.30. The lowest BCUT2D eigenvalue weighted by Crippen LogP contribution is -2.38. The van der Waals surface area contributed by atoms with Crippen molar-refractivity contribution >= 4 is 33.6 Å². The van der Waals surface area contributed by atoms with Gasteiger partial charge in [0.1, 0.15) is 4.60 Å². The van der Waals surface area contributed by atoms with Crippen LogP contribution in [0.25, 0.3) is 0 Å². The van der Waals surface area contributed by atoms with Gasteiger partial charge in [-0.2, -0.15) is 11.8 Å². The van der Waals surface area contributed by atoms with Crippen molar-refractivity contribution in [3.8, 4) is 0 Å². The van der Waals surface area contributed by atoms with Gasteiger partial charge in [0.25, 0.3) is 5.91 Å². The number of halogens is 1. The Labute approximate surface area is 108 Å². The summed E-state index contributed by atoms with van der Waals surface area (Å²) in [5.74, 6) is 2.24. The molecule has 1 aromatic heterocycles. The second-order valence-corrected chi connectivity index (χ2v) is 5.72. The maximum atomic E-state index is 11.9. The van der Waals surface area contributed by atoms with Gasteiger partial charge >= 0.3 is 0 Å². The normalized spacial score (nSPS) is 20.4. The number of thioether (sulfide) groups is 1. The predicted molar refractivity (Wildman–Crippen MR) is 69.8 cm³/mol. The zero-order valence-corrected chi connectivity index (χ0v) is 11.2. The summed E-state index contributed by atoms with van der Waals surface area (Å²) in [5.41, 5.74) is 0.664. The number of carbonyl (C=O) groups is 1. The summed E-state index contributed by atoms with van der Waals surface area (Å²) < 4.78 is 0.693. The van der Waals surface area contributed by atoms with E-state index < -0.39 is 0 Å². The van der Waals surface area contributed by atoms with Crippen LogP contribution in [0.5, 0.6) is 0 Å². The molecule has 1 aromatic rings. The Kier molecular flexibility index (Phi) is 4.23. The van der Waals surface area contributed by atoms with Crippen molar-refractivity contribution in [3.05, 3.63) is 28.5 Å². The highest BCUT2D eigenvalue weighted by atomic mass is 79.9. The fraction of sp³-hybridized carbons (Fsp3) is 0.455. The molecule has 0 radical (unpaired) electrons. The van der Waals surface area contributed by atoms with Gasteiger partial charge in [-0.3, -0.25) is 4.79 Å². The largest absolute Gasteiger partial charge is 0.348 e. The first kappa shape index (κ1) is 11.9. The summed E-state index contributed by atoms with van der Waals surface area (Å²) in [5, 5.41) is 3.05. The Hall–Kier alpha value is -0.550. The number of carbonyl (C=O) groups excluding carboxylic acids is 1. The minimum atomic E-state index is -0.00407. The van der Waals surface area contributed by atoms with E-state index in [2.05, 4.69) is 26.2 Å². The second kappa shape index (κ2) is 5.68. The minimum Gasteiger partial charge on any atom is -0.348 e. The molecule has 0 bridgehead atoms. The highest BCUT2D eigenvalue weighted by Gasteiger charge is 2.16. The lowest BCUT2D eigenvalue weighted by molar-refractivity contribution is 0.0938. The molecule has 1 fully saturated rings. The molecule has 1 N–H and O–H groups in total. The van der Waals surface area contributed by atoms with Gasteiger partial charge in [0, 0.05) is 23.6 Å². The molecule has 2 rings (SSSR count). The van der Waals surface area contributed by atoms with Crippen molar-refractivity contribution in [1.29, 1.82) is 0 Å². The number of aromatic nitrogens is 1. The molecule has 1 unspecified atom stereocenters. The van der Waals surface area contributed by atoms with Gasteiger partial charge in [0.2, 0.25) is 0 Å². The van der Waals surface area contributed by atoms with Crippen LogP contribution in [0.1, 0.15) is 23.2 Å². The third kappa shape index (κ3) is 3.22. The van der Waals surface area contributed by atoms with Crippen LogP contribution < -0.4 is 5.32 Å². The lowest BCUT2D eigenvalue weighted by atomic mass is 10.1. The lowest BCUT2D eigenvalue weighted by Gasteiger charge is -2.22. The van der Waals surface area contributed by atoms with E-state index in [1.807, 2.05) is 11.8 Å². The van der Waals surface area contributed by atoms with Crippen LogP contribution in [0.3, 0.4) is 0 Å². The molecule has 1 atom stereocenters. The predicted octanol–water partition coefficient (Wildman–Crippen LogP) is 2.47. The van der Waals surface area contributed by atoms with Crippen LogP contribution in [0.4, 0.5) is 0 Å². The zero-order chi connectivity index (χ0) is 11.4. The van der Waals surface area contributed by atoms with E-state index >= 15 is 0 Å². The molecule has 0 saturated carbocycles. The standard InChI is InChI=1S/C11H13BrN2OS/c12-10-6-8(3-4-13-10)11(15)14-9-2-1-5-16-7-9/h3-4,6,9H,1-2,5,7H2,(H,14,15). The molecule has 2 heterocycles. The molecule has 3 nitrogen and oxygen atoms in total. The van der Waals surface area contributed by atoms with E-state index in [1.165, 1.54) is 12.2 Å². The summed E-state index contributed by atoms with van der Waals surface area (Å²) in [4.78, 5) is 15.9. The van der Waals surface area contributed by atoms with Gasteiger partial charge in [-0.15, -0.1) is 0 Å². The monoisotopic (exact) mass is 300 g/mol. The zero-order valence-electron chi connectivity index (χ0n) is 8.78. The summed E-state index contributed by atoms with van der Waals surface area (Å²) in [6.45, 7) is 0. The fourth-order valence-corrected chi connectivity index (χ4v) is 3.10. The van der Waals surface area contributed by atoms with Crippen LogP contribution in [-0.4, -0.2) is 28.4 Å². The van der Waals surface area contributed by atoms with Crippen molar-refractivity contribution in [2.75, 3.05) is 11.5 Å². The average molecular weight is 301 g/mol. The molecule has 86 valence electrons. The van der Waals surface area contributed by atoms with E-state index in [1.54, 1.807) is 18.3 Å². The molecule has 5 heteroatoms. The highest BCUT2D eigenvalue weighted by molar-refractivity contribution is 9.10. The van der Waals surface area contributed by atoms with E-state index in [0.717, 1.165) is 12.2 Å². The topological polar surface area (TPSA) is 42.0 Å². The van der Waals surface area contributed by atoms with Crippen LogP contribution in [0, 0.1) is 0 Å². The number of pyridine rings is 1. The number of amides is 1. The van der Waals surface area contributed by atoms with Crippen LogP contribution >= 0.6 is 27.7 Å². The summed E-state index contributed by atoms with van der Waals surface area (Å²) >= 11 is 5.17. The van der Waals surface area contributed by atoms with E-state index in [-0.39, 0.29) is 5.91 Å². The van der Waals surface area contributed by atoms with E-state index in [9.17, 15) is 4.79 Å². The Balaban J connectivity index is 1.97. The SMILES string of the molecule is O=C(NC1CCCSC1)c1ccnc(Br)c1. The summed E-state index contributed by atoms with van der Waals surface area (Å²) in [7, 11) is 0. The molecular weight excluding hydrogens is 288 g/mol. The number of hydrogen-bond acceptors (Lipinski definition) is 3. The van der Waals surface area contributed by atoms with Gasteiger partial charge < -0.3 is 5.32 Å². The first-order valence-electron chi connectivity index (χ1n) is 5.26. The first-order chi connectivity index (χ1) is 7.75. The van der Waals surface area contributed by atoms with Gasteiger partial charge in [0.15, 0.2) is 0 Å². The van der Waals surface area contributed by atoms with Crippen LogP contribution in [-0.2, 0) is 0 Å². The van der Waals surface area contributed by atoms with Crippen molar-refractivity contribution in [2.24, 2.45) is 0 Å². The van der Waals surface area contributed by atoms with Gasteiger partial charge in [-0.1, -0.05) is 0 Å². The summed E-state index contributed by atoms with van der Waals surface area (Å²) in [6.07, 6.45) is 3.91. The Bertz CT molecular complexity index is 380. The third-order valence-corrected chi connectivity index (χ3v) is 4.13. The smallest absolute Gasteiger partial charge is 0.251 e. The first-order valence-corrected chi connectivity index (χ1v) is 7.20. The molecule has 0 aliphatic carbocycles. The number of nitrogens with zero attached hydrogens (tertiary/aromatic N) is 1. The quantitative estimate of drug-likeness (QED) is 0.853. The molecule has 16 heavy (non-hydrogen) atoms. The Morgan fingerprint density at radius 3 is 3.19 bits per heavy atom. The Morgan fingerprint density at radius 2 is 2.50 bits per heavy atom. The maximum Gasteiger partial charge on any atom is 0.251 e. The van der Waals surface area contributed by atoms with Crippen molar-refractivity contribution < 1.29 is 4.79 Å². The maximum absolute atomic E-state index is 11.9. The molecule has 1 amide bonds.